The van der Waals surface area contributed by atoms with Gasteiger partial charge in [0, 0.05) is 0 Å². The normalized spacial score (nSPS) is 14.1. The van der Waals surface area contributed by atoms with Crippen molar-refractivity contribution in [3.8, 4) is 0 Å². The molecule has 0 atom stereocenters. The zero-order chi connectivity index (χ0) is 47.8. The molecule has 0 radical (unpaired) electrons. The average molecular weight is 1050 g/mol. The molecule has 0 aromatic heterocycles. The minimum absolute atomic E-state index is 1.28. The van der Waals surface area contributed by atoms with Crippen LogP contribution in [0, 0.1) is 62.3 Å². The van der Waals surface area contributed by atoms with Crippen LogP contribution in [0.25, 0.3) is 0 Å². The molecule has 0 bridgehead atoms. The van der Waals surface area contributed by atoms with Crippen molar-refractivity contribution in [3.05, 3.63) is 268 Å². The van der Waals surface area contributed by atoms with Gasteiger partial charge in [0.15, 0.2) is 0 Å². The molecule has 0 saturated heterocycles. The van der Waals surface area contributed by atoms with Crippen molar-refractivity contribution in [1.29, 1.82) is 0 Å². The third-order valence-electron chi connectivity index (χ3n) is 13.7. The van der Waals surface area contributed by atoms with Crippen LogP contribution in [-0.2, 0) is 9.51 Å². The second kappa shape index (κ2) is 19.6. The fraction of sp³-hybridized carbons (Fsp3) is 0.143. The molecule has 0 aliphatic heterocycles. The van der Waals surface area contributed by atoms with E-state index in [1.165, 1.54) is 97.8 Å². The van der Waals surface area contributed by atoms with E-state index in [9.17, 15) is 0 Å². The van der Waals surface area contributed by atoms with Crippen molar-refractivity contribution in [2.75, 3.05) is 0 Å². The van der Waals surface area contributed by atoms with E-state index in [1.54, 1.807) is 0 Å². The quantitative estimate of drug-likeness (QED) is 0.107. The van der Waals surface area contributed by atoms with E-state index < -0.39 is 27.5 Å². The van der Waals surface area contributed by atoms with E-state index in [-0.39, 0.29) is 0 Å². The molecule has 0 fully saturated rings. The van der Waals surface area contributed by atoms with E-state index in [0.29, 0.717) is 0 Å². The summed E-state index contributed by atoms with van der Waals surface area (Å²) < 4.78 is 0. The molecule has 9 aromatic carbocycles. The van der Waals surface area contributed by atoms with Crippen LogP contribution in [0.1, 0.15) is 50.1 Å². The van der Waals surface area contributed by atoms with Crippen LogP contribution in [-0.4, -0.2) is 0 Å². The van der Waals surface area contributed by atoms with E-state index >= 15 is 0 Å². The average Bonchev–Trinajstić information content (AvgIpc) is 3.30. The van der Waals surface area contributed by atoms with E-state index in [2.05, 4.69) is 281 Å². The van der Waals surface area contributed by atoms with Crippen molar-refractivity contribution in [2.24, 2.45) is 0 Å². The molecule has 0 aliphatic rings. The fourth-order valence-electron chi connectivity index (χ4n) is 10.9. The van der Waals surface area contributed by atoms with E-state index in [0.717, 1.165) is 0 Å². The van der Waals surface area contributed by atoms with Gasteiger partial charge in [-0.25, -0.2) is 0 Å². The SMILES string of the molecule is Cc1cccc([PH](c2cccc(C)c2)(c2cccc(C)c2)[Co]([Br])([PH](c2cccc(C)c2)(c2cccc(C)c2)c2cccc(C)c2)[PH](c2cccc(C)c2)(c2cccc(C)c2)c2cccc(C)c2)c1. The van der Waals surface area contributed by atoms with Crippen LogP contribution in [0.2, 0.25) is 0 Å². The number of halogens is 1. The molecule has 5 heteroatoms. The summed E-state index contributed by atoms with van der Waals surface area (Å²) in [5.41, 5.74) is 11.5. The van der Waals surface area contributed by atoms with Crippen LogP contribution in [0.4, 0.5) is 0 Å². The standard InChI is InChI=1S/3C21H21P.BrH.Co/c3*1-16-7-4-10-19(13-16)22(20-11-5-8-17(2)14-20)21-12-6-9-18(3)15-21;;/h3*4-15H,1-3H3;1H;/q;;;;-2/p+2. The van der Waals surface area contributed by atoms with Crippen molar-refractivity contribution >= 4 is 79.9 Å². The van der Waals surface area contributed by atoms with Crippen LogP contribution in [0.5, 0.6) is 0 Å². The number of benzene rings is 9. The minimum atomic E-state index is -3.59. The molecular formula is C63H66BrCoP3. The Hall–Kier alpha value is -4.74. The Morgan fingerprint density at radius 1 is 0.221 bits per heavy atom. The van der Waals surface area contributed by atoms with Gasteiger partial charge in [-0.1, -0.05) is 0 Å². The summed E-state index contributed by atoms with van der Waals surface area (Å²) in [6.07, 6.45) is 0. The molecule has 9 aromatic rings. The van der Waals surface area contributed by atoms with Crippen molar-refractivity contribution in [2.45, 2.75) is 62.3 Å². The predicted molar refractivity (Wildman–Crippen MR) is 311 cm³/mol. The molecular weight excluding hydrogens is 988 g/mol. The summed E-state index contributed by atoms with van der Waals surface area (Å²) in [5.74, 6) is -10.8. The molecule has 0 spiro atoms. The van der Waals surface area contributed by atoms with Gasteiger partial charge in [-0.05, 0) is 0 Å². The zero-order valence-corrected chi connectivity index (χ0v) is 46.6. The second-order valence-corrected chi connectivity index (χ2v) is 56.1. The number of aryl methyl sites for hydroxylation is 9. The molecule has 0 N–H and O–H groups in total. The Morgan fingerprint density at radius 3 is 0.441 bits per heavy atom. The fourth-order valence-corrected chi connectivity index (χ4v) is 97.2. The monoisotopic (exact) mass is 1050 g/mol. The molecule has 0 heterocycles. The Labute approximate surface area is 417 Å². The third-order valence-corrected chi connectivity index (χ3v) is 76.5. The molecule has 0 unspecified atom stereocenters. The summed E-state index contributed by atoms with van der Waals surface area (Å²) in [5, 5.41) is 13.1. The van der Waals surface area contributed by atoms with Crippen LogP contribution < -0.4 is 47.7 Å². The molecule has 0 saturated carbocycles. The Bertz CT molecular complexity index is 2620. The van der Waals surface area contributed by atoms with Gasteiger partial charge >= 0.3 is 420 Å². The van der Waals surface area contributed by atoms with Crippen LogP contribution in [0.15, 0.2) is 218 Å². The van der Waals surface area contributed by atoms with Crippen molar-refractivity contribution in [3.63, 3.8) is 0 Å². The first-order chi connectivity index (χ1) is 32.7. The van der Waals surface area contributed by atoms with Crippen LogP contribution >= 0.6 is 32.2 Å². The number of hydrogen-bond acceptors (Lipinski definition) is 0. The molecule has 0 amide bonds. The van der Waals surface area contributed by atoms with Crippen LogP contribution in [0.3, 0.4) is 0 Å². The Morgan fingerprint density at radius 2 is 0.338 bits per heavy atom. The van der Waals surface area contributed by atoms with Gasteiger partial charge in [0.1, 0.15) is 0 Å². The maximum absolute atomic E-state index is 5.80. The first-order valence-electron chi connectivity index (χ1n) is 23.8. The first kappa shape index (κ1) is 48.3. The van der Waals surface area contributed by atoms with Gasteiger partial charge in [-0.3, -0.25) is 0 Å². The number of rotatable bonds is 12. The number of hydrogen-bond donors (Lipinski definition) is 0. The van der Waals surface area contributed by atoms with Crippen molar-refractivity contribution < 1.29 is 9.51 Å². The first-order valence-corrected chi connectivity index (χ1v) is 36.5. The molecule has 0 nitrogen and oxygen atoms in total. The molecule has 349 valence electrons. The summed E-state index contributed by atoms with van der Waals surface area (Å²) in [4.78, 5) is 0. The predicted octanol–water partition coefficient (Wildman–Crippen LogP) is 13.2. The topological polar surface area (TPSA) is 0 Å². The Balaban J connectivity index is 1.79. The molecule has 9 rings (SSSR count). The maximum atomic E-state index is 5.80. The van der Waals surface area contributed by atoms with Gasteiger partial charge < -0.3 is 0 Å². The summed E-state index contributed by atoms with van der Waals surface area (Å²) in [6.45, 7) is 20.8. The van der Waals surface area contributed by atoms with Gasteiger partial charge in [0.25, 0.3) is 0 Å². The summed E-state index contributed by atoms with van der Waals surface area (Å²) in [6, 6.07) is 88.4. The summed E-state index contributed by atoms with van der Waals surface area (Å²) in [7, 11) is -3.10. The van der Waals surface area contributed by atoms with E-state index in [1.807, 2.05) is 0 Å². The zero-order valence-electron chi connectivity index (χ0n) is 41.0. The van der Waals surface area contributed by atoms with Gasteiger partial charge in [0.2, 0.25) is 0 Å². The Kier molecular flexibility index (Phi) is 13.9. The van der Waals surface area contributed by atoms with Gasteiger partial charge in [-0.15, -0.1) is 0 Å². The van der Waals surface area contributed by atoms with E-state index in [4.69, 9.17) is 14.2 Å². The van der Waals surface area contributed by atoms with Gasteiger partial charge in [0.05, 0.1) is 0 Å². The molecule has 0 aliphatic carbocycles. The molecule has 68 heavy (non-hydrogen) atoms. The third kappa shape index (κ3) is 8.05. The van der Waals surface area contributed by atoms with Crippen molar-refractivity contribution in [1.82, 2.24) is 0 Å². The van der Waals surface area contributed by atoms with Gasteiger partial charge in [-0.2, -0.15) is 0 Å². The summed E-state index contributed by atoms with van der Waals surface area (Å²) >= 11 is 5.80. The second-order valence-electron chi connectivity index (χ2n) is 19.1.